The number of alkyl halides is 3. The number of rotatable bonds is 12. The Morgan fingerprint density at radius 3 is 2.38 bits per heavy atom. The van der Waals surface area contributed by atoms with Gasteiger partial charge in [0.15, 0.2) is 17.1 Å². The van der Waals surface area contributed by atoms with Gasteiger partial charge in [-0.3, -0.25) is 9.59 Å². The fraction of sp³-hybridized carbons (Fsp3) is 0.317. The van der Waals surface area contributed by atoms with Gasteiger partial charge in [0, 0.05) is 64.7 Å². The van der Waals surface area contributed by atoms with Crippen LogP contribution in [0.4, 0.5) is 22.0 Å². The number of methoxy groups -OCH3 is 1. The van der Waals surface area contributed by atoms with E-state index in [4.69, 9.17) is 30.2 Å². The smallest absolute Gasteiger partial charge is 0.383 e. The van der Waals surface area contributed by atoms with Gasteiger partial charge in [0.1, 0.15) is 6.54 Å². The van der Waals surface area contributed by atoms with Crippen molar-refractivity contribution in [2.24, 2.45) is 0 Å². The number of pyridine rings is 1. The van der Waals surface area contributed by atoms with Gasteiger partial charge < -0.3 is 19.1 Å². The fourth-order valence-corrected chi connectivity index (χ4v) is 6.37. The highest BCUT2D eigenvalue weighted by atomic mass is 32.2. The van der Waals surface area contributed by atoms with Crippen LogP contribution in [-0.2, 0) is 34.6 Å². The molecule has 4 aromatic carbocycles. The summed E-state index contributed by atoms with van der Waals surface area (Å²) in [6.45, 7) is -8.57. The van der Waals surface area contributed by atoms with Crippen LogP contribution in [0.3, 0.4) is 0 Å². The standard InChI is InChI=1S/C41H40F5N3O3S/c1-27-6-15-36-34(22-27)37(50)23-39(53-26-31-4-3-5-35(42)40(31)43)49(36)25-38(51)48(33-16-18-47(19-17-33)20-21-52-2)24-28-7-9-29(10-8-28)30-11-13-32(14-12-30)41(44,45)46/h3-15,22-23,33H,16-21,24-26H2,1-2H3/i2D3,3D,4D,5D,6D,7D,8D,9D,10D,11D,12D,13D,14D,15D,20D2,21D2,22D,23D. The van der Waals surface area contributed by atoms with Crippen LogP contribution in [-0.4, -0.2) is 59.5 Å². The number of hydrogen-bond donors (Lipinski definition) is 0. The number of benzene rings is 4. The molecule has 1 aromatic heterocycles. The lowest BCUT2D eigenvalue weighted by atomic mass is 10.00. The quantitative estimate of drug-likeness (QED) is 0.0939. The normalized spacial score (nSPS) is 20.9. The minimum Gasteiger partial charge on any atom is -0.383 e. The second-order valence-electron chi connectivity index (χ2n) is 11.5. The van der Waals surface area contributed by atoms with Crippen molar-refractivity contribution in [2.45, 2.75) is 55.9 Å². The summed E-state index contributed by atoms with van der Waals surface area (Å²) in [7, 11) is -3.42. The molecule has 0 radical (unpaired) electrons. The van der Waals surface area contributed by atoms with E-state index in [0.717, 1.165) is 14.4 Å². The van der Waals surface area contributed by atoms with Crippen LogP contribution >= 0.6 is 11.8 Å². The number of hydrogen-bond acceptors (Lipinski definition) is 5. The summed E-state index contributed by atoms with van der Waals surface area (Å²) < 4.78 is 260. The SMILES string of the molecule is [2H]c1c([2H])c(F)c(F)c(CSc2c([2H])c(=O)c3c([2H])c(C)c([2H])c([2H])c3n2CC(=O)N(Cc2c([2H])c([2H])c(-c3c([2H])c([2H])c(C(F)(F)F)c([2H])c3[2H])c([2H])c2[2H])C2CCN(C([2H])([2H])C([2H])([2H])OC([2H])([2H])[2H])CC2)c1[2H]. The maximum atomic E-state index is 15.3. The molecule has 0 N–H and O–H groups in total. The van der Waals surface area contributed by atoms with Crippen molar-refractivity contribution in [1.29, 1.82) is 0 Å². The number of likely N-dealkylation sites (tertiary alicyclic amines) is 1. The van der Waals surface area contributed by atoms with Crippen molar-refractivity contribution in [3.8, 4) is 11.1 Å². The van der Waals surface area contributed by atoms with Crippen LogP contribution in [0.15, 0.2) is 100 Å². The molecule has 6 rings (SSSR count). The lowest BCUT2D eigenvalue weighted by Gasteiger charge is -2.39. The Bertz CT molecular complexity index is 3170. The number of thioether (sulfide) groups is 1. The van der Waals surface area contributed by atoms with Gasteiger partial charge in [-0.05, 0) is 66.7 Å². The molecule has 1 aliphatic heterocycles. The van der Waals surface area contributed by atoms with Gasteiger partial charge in [-0.25, -0.2) is 8.78 Å². The summed E-state index contributed by atoms with van der Waals surface area (Å²) in [6.07, 6.45) is -6.13. The van der Waals surface area contributed by atoms with E-state index in [1.807, 2.05) is 0 Å². The van der Waals surface area contributed by atoms with E-state index in [-0.39, 0.29) is 18.4 Å². The second kappa shape index (κ2) is 16.7. The van der Waals surface area contributed by atoms with E-state index in [2.05, 4.69) is 4.74 Å². The monoisotopic (exact) mass is 771 g/mol. The summed E-state index contributed by atoms with van der Waals surface area (Å²) in [6, 6.07) is -17.9. The number of carbonyl (C=O) groups excluding carboxylic acids is 1. The number of carbonyl (C=O) groups is 1. The minimum absolute atomic E-state index is 0.213. The maximum absolute atomic E-state index is 15.3. The predicted molar refractivity (Wildman–Crippen MR) is 198 cm³/mol. The van der Waals surface area contributed by atoms with Gasteiger partial charge in [-0.1, -0.05) is 59.9 Å². The zero-order valence-corrected chi connectivity index (χ0v) is 28.2. The van der Waals surface area contributed by atoms with Gasteiger partial charge in [0.05, 0.1) is 50.1 Å². The highest BCUT2D eigenvalue weighted by molar-refractivity contribution is 7.98. The molecule has 0 atom stereocenters. The molecule has 0 unspecified atom stereocenters. The van der Waals surface area contributed by atoms with E-state index in [9.17, 15) is 22.4 Å². The molecule has 53 heavy (non-hydrogen) atoms. The Hall–Kier alpha value is -4.52. The molecule has 0 bridgehead atoms. The van der Waals surface area contributed by atoms with Crippen molar-refractivity contribution >= 4 is 28.6 Å². The number of amides is 1. The lowest BCUT2D eigenvalue weighted by Crippen LogP contribution is -2.48. The van der Waals surface area contributed by atoms with Crippen molar-refractivity contribution in [3.05, 3.63) is 135 Å². The topological polar surface area (TPSA) is 54.8 Å². The van der Waals surface area contributed by atoms with Crippen LogP contribution < -0.4 is 5.43 Å². The first-order valence-electron chi connectivity index (χ1n) is 26.5. The fourth-order valence-electron chi connectivity index (χ4n) is 5.41. The Morgan fingerprint density at radius 2 is 1.70 bits per heavy atom. The zero-order chi connectivity index (χ0) is 56.8. The number of piperidine rings is 1. The van der Waals surface area contributed by atoms with Gasteiger partial charge in [0.25, 0.3) is 0 Å². The summed E-state index contributed by atoms with van der Waals surface area (Å²) in [5, 5.41) is -1.29. The molecule has 278 valence electrons. The van der Waals surface area contributed by atoms with E-state index in [1.54, 1.807) is 0 Å². The van der Waals surface area contributed by atoms with Gasteiger partial charge in [-0.15, -0.1) is 11.8 Å². The predicted octanol–water partition coefficient (Wildman–Crippen LogP) is 8.71. The van der Waals surface area contributed by atoms with Gasteiger partial charge in [-0.2, -0.15) is 13.2 Å². The van der Waals surface area contributed by atoms with Gasteiger partial charge >= 0.3 is 6.18 Å². The molecule has 12 heteroatoms. The molecule has 0 aliphatic carbocycles. The van der Waals surface area contributed by atoms with Crippen LogP contribution in [0, 0.1) is 18.6 Å². The molecule has 0 saturated carbocycles. The summed E-state index contributed by atoms with van der Waals surface area (Å²) in [5.74, 6) is -5.60. The lowest BCUT2D eigenvalue weighted by molar-refractivity contribution is -0.137. The van der Waals surface area contributed by atoms with E-state index in [0.29, 0.717) is 11.8 Å². The van der Waals surface area contributed by atoms with Crippen LogP contribution in [0.5, 0.6) is 0 Å². The van der Waals surface area contributed by atoms with Crippen LogP contribution in [0.25, 0.3) is 22.0 Å². The number of halogens is 5. The average Bonchev–Trinajstić information content (AvgIpc) is 3.31. The molecule has 1 amide bonds. The molecular weight excluding hydrogens is 710 g/mol. The van der Waals surface area contributed by atoms with Crippen molar-refractivity contribution in [3.63, 3.8) is 0 Å². The summed E-state index contributed by atoms with van der Waals surface area (Å²) in [5.41, 5.74) is -7.56. The number of nitrogens with zero attached hydrogens (tertiary/aromatic N) is 3. The molecule has 1 fully saturated rings. The summed E-state index contributed by atoms with van der Waals surface area (Å²) >= 11 is 0.312. The highest BCUT2D eigenvalue weighted by Gasteiger charge is 2.31. The first kappa shape index (κ1) is 19.2. The van der Waals surface area contributed by atoms with Crippen LogP contribution in [0.1, 0.15) is 65.3 Å². The third-order valence-corrected chi connectivity index (χ3v) is 9.04. The third kappa shape index (κ3) is 9.17. The molecule has 5 aromatic rings. The number of ether oxygens (including phenoxy) is 1. The molecular formula is C41H40F5N3O3S. The van der Waals surface area contributed by atoms with Gasteiger partial charge in [0.2, 0.25) is 5.91 Å². The molecule has 6 nitrogen and oxygen atoms in total. The van der Waals surface area contributed by atoms with E-state index >= 15 is 9.18 Å². The minimum atomic E-state index is -5.40. The van der Waals surface area contributed by atoms with E-state index in [1.165, 1.54) is 6.92 Å². The zero-order valence-electron chi connectivity index (χ0n) is 49.4. The Morgan fingerprint density at radius 1 is 1.00 bits per heavy atom. The van der Waals surface area contributed by atoms with Crippen LogP contribution in [0.2, 0.25) is 0 Å². The number of aromatic nitrogens is 1. The Kier molecular flexibility index (Phi) is 6.03. The summed E-state index contributed by atoms with van der Waals surface area (Å²) in [4.78, 5) is 30.9. The largest absolute Gasteiger partial charge is 0.416 e. The first-order chi connectivity index (χ1) is 34.3. The van der Waals surface area contributed by atoms with Crippen molar-refractivity contribution in [2.75, 3.05) is 33.2 Å². The Balaban J connectivity index is 1.55. The average molecular weight is 772 g/mol. The second-order valence-corrected chi connectivity index (χ2v) is 12.5. The van der Waals surface area contributed by atoms with Crippen molar-refractivity contribution in [1.82, 2.24) is 14.4 Å². The van der Waals surface area contributed by atoms with E-state index < -0.39 is 222 Å². The highest BCUT2D eigenvalue weighted by Crippen LogP contribution is 2.32. The molecule has 0 spiro atoms. The first-order valence-corrected chi connectivity index (χ1v) is 16.5. The third-order valence-electron chi connectivity index (χ3n) is 8.01. The molecule has 1 saturated heterocycles. The van der Waals surface area contributed by atoms with Crippen molar-refractivity contribution < 1.29 is 61.6 Å². The molecule has 1 aliphatic rings. The number of fused-ring (bicyclic) bond motifs is 1. The molecule has 2 heterocycles. The maximum Gasteiger partial charge on any atom is 0.416 e. The Labute approximate surface area is 340 Å².